The van der Waals surface area contributed by atoms with Crippen LogP contribution in [0.15, 0.2) is 41.3 Å². The number of aromatic nitrogens is 1. The van der Waals surface area contributed by atoms with Crippen LogP contribution in [0.2, 0.25) is 0 Å². The van der Waals surface area contributed by atoms with Gasteiger partial charge in [-0.25, -0.2) is 0 Å². The van der Waals surface area contributed by atoms with Gasteiger partial charge in [0.1, 0.15) is 5.75 Å². The first-order chi connectivity index (χ1) is 11.5. The minimum atomic E-state index is -4.52. The van der Waals surface area contributed by atoms with E-state index in [0.29, 0.717) is 11.1 Å². The highest BCUT2D eigenvalue weighted by Crippen LogP contribution is 2.35. The van der Waals surface area contributed by atoms with Crippen LogP contribution in [0.3, 0.4) is 0 Å². The number of rotatable bonds is 5. The molecule has 7 heteroatoms. The molecule has 0 unspecified atom stereocenters. The molecule has 0 bridgehead atoms. The van der Waals surface area contributed by atoms with E-state index in [1.165, 1.54) is 36.0 Å². The van der Waals surface area contributed by atoms with Crippen molar-refractivity contribution in [2.75, 3.05) is 6.61 Å². The molecule has 25 heavy (non-hydrogen) atoms. The molecule has 0 spiro atoms. The van der Waals surface area contributed by atoms with Crippen molar-refractivity contribution < 1.29 is 23.0 Å². The third-order valence-electron chi connectivity index (χ3n) is 3.64. The molecule has 0 aliphatic heterocycles. The van der Waals surface area contributed by atoms with Crippen molar-refractivity contribution in [3.8, 4) is 16.9 Å². The number of ether oxygens (including phenoxy) is 1. The van der Waals surface area contributed by atoms with Crippen LogP contribution in [-0.4, -0.2) is 21.9 Å². The Balaban J connectivity index is 2.40. The lowest BCUT2D eigenvalue weighted by Crippen LogP contribution is -2.21. The largest absolute Gasteiger partial charge is 0.493 e. The van der Waals surface area contributed by atoms with Gasteiger partial charge in [0, 0.05) is 25.7 Å². The molecule has 0 aliphatic rings. The SMILES string of the molecule is Cn1cc(-c2cc(OCCC(C)(C)O)cc(C(F)(F)F)c2)ccc1=O. The maximum atomic E-state index is 13.2. The molecule has 0 saturated carbocycles. The summed E-state index contributed by atoms with van der Waals surface area (Å²) in [7, 11) is 1.53. The number of halogens is 3. The number of aryl methyl sites for hydroxylation is 1. The van der Waals surface area contributed by atoms with Crippen LogP contribution in [0.5, 0.6) is 5.75 Å². The standard InChI is InChI=1S/C18H20F3NO3/c1-17(2,24)6-7-25-15-9-13(8-14(10-15)18(19,20)21)12-4-5-16(23)22(3)11-12/h4-5,8-11,24H,6-7H2,1-3H3. The van der Waals surface area contributed by atoms with Crippen LogP contribution in [0, 0.1) is 0 Å². The van der Waals surface area contributed by atoms with Gasteiger partial charge in [0.15, 0.2) is 0 Å². The lowest BCUT2D eigenvalue weighted by atomic mass is 10.0. The summed E-state index contributed by atoms with van der Waals surface area (Å²) in [5.41, 5.74) is -1.29. The molecule has 4 nitrogen and oxygen atoms in total. The van der Waals surface area contributed by atoms with E-state index in [-0.39, 0.29) is 24.3 Å². The normalized spacial score (nSPS) is 12.3. The van der Waals surface area contributed by atoms with Gasteiger partial charge >= 0.3 is 6.18 Å². The van der Waals surface area contributed by atoms with Gasteiger partial charge in [-0.2, -0.15) is 13.2 Å². The fraction of sp³-hybridized carbons (Fsp3) is 0.389. The van der Waals surface area contributed by atoms with E-state index in [0.717, 1.165) is 12.1 Å². The molecule has 0 radical (unpaired) electrons. The predicted molar refractivity (Wildman–Crippen MR) is 88.5 cm³/mol. The highest BCUT2D eigenvalue weighted by molar-refractivity contribution is 5.65. The van der Waals surface area contributed by atoms with E-state index < -0.39 is 17.3 Å². The molecule has 1 heterocycles. The molecular weight excluding hydrogens is 335 g/mol. The summed E-state index contributed by atoms with van der Waals surface area (Å²) in [5.74, 6) is 0.0583. The van der Waals surface area contributed by atoms with Gasteiger partial charge in [-0.05, 0) is 49.2 Å². The molecule has 2 aromatic rings. The molecule has 1 aromatic heterocycles. The van der Waals surface area contributed by atoms with Crippen LogP contribution in [0.4, 0.5) is 13.2 Å². The van der Waals surface area contributed by atoms with Crippen LogP contribution < -0.4 is 10.3 Å². The Morgan fingerprint density at radius 3 is 2.36 bits per heavy atom. The number of aliphatic hydroxyl groups is 1. The number of benzene rings is 1. The predicted octanol–water partition coefficient (Wildman–Crippen LogP) is 3.61. The van der Waals surface area contributed by atoms with E-state index >= 15 is 0 Å². The number of hydrogen-bond donors (Lipinski definition) is 1. The molecule has 0 amide bonds. The van der Waals surface area contributed by atoms with Crippen molar-refractivity contribution in [2.24, 2.45) is 7.05 Å². The third kappa shape index (κ3) is 5.35. The Hall–Kier alpha value is -2.28. The zero-order valence-corrected chi connectivity index (χ0v) is 14.2. The van der Waals surface area contributed by atoms with Crippen molar-refractivity contribution >= 4 is 0 Å². The fourth-order valence-corrected chi connectivity index (χ4v) is 2.20. The summed E-state index contributed by atoms with van der Waals surface area (Å²) >= 11 is 0. The topological polar surface area (TPSA) is 51.5 Å². The summed E-state index contributed by atoms with van der Waals surface area (Å²) in [5, 5.41) is 9.68. The Kier molecular flexibility index (Phi) is 5.27. The van der Waals surface area contributed by atoms with E-state index in [2.05, 4.69) is 0 Å². The monoisotopic (exact) mass is 355 g/mol. The first-order valence-corrected chi connectivity index (χ1v) is 7.70. The van der Waals surface area contributed by atoms with Crippen molar-refractivity contribution in [2.45, 2.75) is 32.0 Å². The quantitative estimate of drug-likeness (QED) is 0.891. The average Bonchev–Trinajstić information content (AvgIpc) is 2.47. The zero-order valence-electron chi connectivity index (χ0n) is 14.2. The molecule has 2 rings (SSSR count). The minimum absolute atomic E-state index is 0.0583. The van der Waals surface area contributed by atoms with Crippen LogP contribution in [-0.2, 0) is 13.2 Å². The van der Waals surface area contributed by atoms with Gasteiger partial charge in [0.05, 0.1) is 17.8 Å². The second-order valence-electron chi connectivity index (χ2n) is 6.52. The lowest BCUT2D eigenvalue weighted by molar-refractivity contribution is -0.137. The van der Waals surface area contributed by atoms with Crippen LogP contribution in [0.25, 0.3) is 11.1 Å². The first-order valence-electron chi connectivity index (χ1n) is 7.70. The van der Waals surface area contributed by atoms with Crippen molar-refractivity contribution in [1.82, 2.24) is 4.57 Å². The van der Waals surface area contributed by atoms with Gasteiger partial charge in [0.25, 0.3) is 0 Å². The van der Waals surface area contributed by atoms with Crippen molar-refractivity contribution in [1.29, 1.82) is 0 Å². The summed E-state index contributed by atoms with van der Waals surface area (Å²) < 4.78 is 46.2. The molecule has 0 aliphatic carbocycles. The number of nitrogens with zero attached hydrogens (tertiary/aromatic N) is 1. The smallest absolute Gasteiger partial charge is 0.416 e. The van der Waals surface area contributed by atoms with Crippen molar-refractivity contribution in [3.05, 3.63) is 52.4 Å². The van der Waals surface area contributed by atoms with Gasteiger partial charge in [-0.15, -0.1) is 0 Å². The van der Waals surface area contributed by atoms with Gasteiger partial charge < -0.3 is 14.4 Å². The van der Waals surface area contributed by atoms with E-state index in [1.54, 1.807) is 13.8 Å². The molecule has 136 valence electrons. The van der Waals surface area contributed by atoms with Gasteiger partial charge in [-0.1, -0.05) is 0 Å². The Morgan fingerprint density at radius 2 is 1.80 bits per heavy atom. The highest BCUT2D eigenvalue weighted by atomic mass is 19.4. The molecule has 0 saturated heterocycles. The van der Waals surface area contributed by atoms with E-state index in [9.17, 15) is 23.1 Å². The second-order valence-corrected chi connectivity index (χ2v) is 6.52. The van der Waals surface area contributed by atoms with E-state index in [4.69, 9.17) is 4.74 Å². The first kappa shape index (κ1) is 19.1. The number of hydrogen-bond acceptors (Lipinski definition) is 3. The number of pyridine rings is 1. The summed E-state index contributed by atoms with van der Waals surface area (Å²) in [4.78, 5) is 11.5. The summed E-state index contributed by atoms with van der Waals surface area (Å²) in [6.45, 7) is 3.27. The maximum Gasteiger partial charge on any atom is 0.416 e. The molecule has 1 N–H and O–H groups in total. The lowest BCUT2D eigenvalue weighted by Gasteiger charge is -2.18. The van der Waals surface area contributed by atoms with Crippen molar-refractivity contribution in [3.63, 3.8) is 0 Å². The van der Waals surface area contributed by atoms with Gasteiger partial charge in [-0.3, -0.25) is 4.79 Å². The van der Waals surface area contributed by atoms with Crippen LogP contribution in [0.1, 0.15) is 25.8 Å². The molecule has 1 aromatic carbocycles. The van der Waals surface area contributed by atoms with Crippen LogP contribution >= 0.6 is 0 Å². The minimum Gasteiger partial charge on any atom is -0.493 e. The third-order valence-corrected chi connectivity index (χ3v) is 3.64. The summed E-state index contributed by atoms with van der Waals surface area (Å²) in [6.07, 6.45) is -2.78. The molecular formula is C18H20F3NO3. The maximum absolute atomic E-state index is 13.2. The fourth-order valence-electron chi connectivity index (χ4n) is 2.20. The molecule has 0 fully saturated rings. The average molecular weight is 355 g/mol. The zero-order chi connectivity index (χ0) is 18.8. The molecule has 0 atom stereocenters. The Labute approximate surface area is 143 Å². The number of alkyl halides is 3. The second kappa shape index (κ2) is 6.92. The van der Waals surface area contributed by atoms with E-state index in [1.807, 2.05) is 0 Å². The Morgan fingerprint density at radius 1 is 1.12 bits per heavy atom. The highest BCUT2D eigenvalue weighted by Gasteiger charge is 2.31. The summed E-state index contributed by atoms with van der Waals surface area (Å²) in [6, 6.07) is 6.20. The van der Waals surface area contributed by atoms with Gasteiger partial charge in [0.2, 0.25) is 5.56 Å². The Bertz CT molecular complexity index is 804.